The molecule has 200 valence electrons. The molecular weight excluding hydrogens is 502 g/mol. The van der Waals surface area contributed by atoms with E-state index >= 15 is 8.78 Å². The molecule has 1 unspecified atom stereocenters. The van der Waals surface area contributed by atoms with Crippen LogP contribution in [0.4, 0.5) is 26.3 Å². The standard InChI is InChI=1S/C31H28F6O/c1-3-5-6-7-20-12-13-21(27(33)26(20)32)18-8-10-19(11-9-18)22-14-15-23(29(35)28(22)34)24-16-17-25(38-4-2)31(37)30(24)36/h3,5,10,12-18H,4,6-9,11H2,1-2H3/b5-3+. The van der Waals surface area contributed by atoms with Crippen molar-refractivity contribution in [3.63, 3.8) is 0 Å². The highest BCUT2D eigenvalue weighted by atomic mass is 19.2. The van der Waals surface area contributed by atoms with Gasteiger partial charge in [0.1, 0.15) is 0 Å². The summed E-state index contributed by atoms with van der Waals surface area (Å²) in [5, 5.41) is 0. The van der Waals surface area contributed by atoms with Crippen LogP contribution in [0.25, 0.3) is 16.7 Å². The Hall–Kier alpha value is -3.48. The number of allylic oxidation sites excluding steroid dienone is 4. The van der Waals surface area contributed by atoms with E-state index in [0.717, 1.165) is 6.07 Å². The van der Waals surface area contributed by atoms with Gasteiger partial charge in [-0.2, -0.15) is 4.39 Å². The van der Waals surface area contributed by atoms with E-state index < -0.39 is 46.0 Å². The van der Waals surface area contributed by atoms with Gasteiger partial charge in [0.25, 0.3) is 0 Å². The maximum Gasteiger partial charge on any atom is 0.201 e. The Labute approximate surface area is 218 Å². The minimum atomic E-state index is -1.33. The molecule has 4 rings (SSSR count). The molecule has 0 aromatic heterocycles. The van der Waals surface area contributed by atoms with Crippen molar-refractivity contribution in [3.8, 4) is 16.9 Å². The van der Waals surface area contributed by atoms with Crippen molar-refractivity contribution in [2.45, 2.75) is 51.9 Å². The zero-order valence-corrected chi connectivity index (χ0v) is 21.2. The number of rotatable bonds is 8. The Morgan fingerprint density at radius 2 is 1.45 bits per heavy atom. The molecule has 0 radical (unpaired) electrons. The highest BCUT2D eigenvalue weighted by Gasteiger charge is 2.26. The lowest BCUT2D eigenvalue weighted by atomic mass is 9.81. The Balaban J connectivity index is 1.56. The summed E-state index contributed by atoms with van der Waals surface area (Å²) in [5.74, 6) is -7.40. The fraction of sp³-hybridized carbons (Fsp3) is 0.290. The molecule has 0 saturated carbocycles. The largest absolute Gasteiger partial charge is 0.491 e. The molecule has 7 heteroatoms. The summed E-state index contributed by atoms with van der Waals surface area (Å²) < 4.78 is 93.5. The monoisotopic (exact) mass is 530 g/mol. The van der Waals surface area contributed by atoms with Gasteiger partial charge < -0.3 is 4.74 Å². The Kier molecular flexibility index (Phi) is 8.65. The quantitative estimate of drug-likeness (QED) is 0.208. The van der Waals surface area contributed by atoms with E-state index in [0.29, 0.717) is 43.2 Å². The van der Waals surface area contributed by atoms with Gasteiger partial charge in [-0.3, -0.25) is 0 Å². The molecule has 0 amide bonds. The van der Waals surface area contributed by atoms with Crippen molar-refractivity contribution in [2.24, 2.45) is 0 Å². The van der Waals surface area contributed by atoms with E-state index in [2.05, 4.69) is 0 Å². The summed E-state index contributed by atoms with van der Waals surface area (Å²) in [6, 6.07) is 8.06. The third-order valence-corrected chi connectivity index (χ3v) is 6.92. The lowest BCUT2D eigenvalue weighted by molar-refractivity contribution is 0.314. The highest BCUT2D eigenvalue weighted by Crippen LogP contribution is 2.40. The molecule has 1 aliphatic rings. The summed E-state index contributed by atoms with van der Waals surface area (Å²) in [5.41, 5.74) is 0.277. The minimum absolute atomic E-state index is 0.00231. The van der Waals surface area contributed by atoms with Crippen molar-refractivity contribution >= 4 is 5.57 Å². The number of benzene rings is 3. The van der Waals surface area contributed by atoms with Crippen LogP contribution in [0.1, 0.15) is 62.1 Å². The van der Waals surface area contributed by atoms with Crippen molar-refractivity contribution < 1.29 is 31.1 Å². The molecule has 1 aliphatic carbocycles. The lowest BCUT2D eigenvalue weighted by Crippen LogP contribution is -2.09. The minimum Gasteiger partial charge on any atom is -0.491 e. The molecule has 3 aromatic rings. The van der Waals surface area contributed by atoms with Gasteiger partial charge in [0.2, 0.25) is 5.82 Å². The van der Waals surface area contributed by atoms with Crippen LogP contribution in [-0.4, -0.2) is 6.61 Å². The number of hydrogen-bond acceptors (Lipinski definition) is 1. The van der Waals surface area contributed by atoms with E-state index in [1.165, 1.54) is 18.2 Å². The molecule has 1 atom stereocenters. The van der Waals surface area contributed by atoms with Crippen molar-refractivity contribution in [3.05, 3.63) is 106 Å². The Morgan fingerprint density at radius 1 is 0.789 bits per heavy atom. The van der Waals surface area contributed by atoms with Crippen molar-refractivity contribution in [1.82, 2.24) is 0 Å². The van der Waals surface area contributed by atoms with Crippen LogP contribution in [0, 0.1) is 34.9 Å². The molecule has 0 spiro atoms. The van der Waals surface area contributed by atoms with E-state index in [4.69, 9.17) is 4.74 Å². The average molecular weight is 531 g/mol. The summed E-state index contributed by atoms with van der Waals surface area (Å²) in [7, 11) is 0. The van der Waals surface area contributed by atoms with Gasteiger partial charge in [0.05, 0.1) is 6.61 Å². The number of ether oxygens (including phenoxy) is 1. The summed E-state index contributed by atoms with van der Waals surface area (Å²) in [6.45, 7) is 3.59. The van der Waals surface area contributed by atoms with E-state index in [1.54, 1.807) is 25.1 Å². The van der Waals surface area contributed by atoms with Crippen LogP contribution < -0.4 is 4.74 Å². The lowest BCUT2D eigenvalue weighted by Gasteiger charge is -2.24. The van der Waals surface area contributed by atoms with Crippen LogP contribution in [-0.2, 0) is 6.42 Å². The van der Waals surface area contributed by atoms with Gasteiger partial charge in [-0.25, -0.2) is 22.0 Å². The van der Waals surface area contributed by atoms with Gasteiger partial charge in [-0.05, 0) is 80.7 Å². The smallest absolute Gasteiger partial charge is 0.201 e. The van der Waals surface area contributed by atoms with Gasteiger partial charge in [-0.15, -0.1) is 0 Å². The Bertz CT molecular complexity index is 1390. The molecule has 3 aromatic carbocycles. The van der Waals surface area contributed by atoms with E-state index in [-0.39, 0.29) is 29.4 Å². The molecule has 1 nitrogen and oxygen atoms in total. The first-order chi connectivity index (χ1) is 18.3. The second-order valence-corrected chi connectivity index (χ2v) is 9.21. The molecule has 0 N–H and O–H groups in total. The van der Waals surface area contributed by atoms with Gasteiger partial charge in [0, 0.05) is 16.7 Å². The fourth-order valence-corrected chi connectivity index (χ4v) is 4.89. The number of aryl methyl sites for hydroxylation is 1. The number of halogens is 6. The van der Waals surface area contributed by atoms with Crippen LogP contribution in [0.5, 0.6) is 5.75 Å². The third-order valence-electron chi connectivity index (χ3n) is 6.92. The zero-order valence-electron chi connectivity index (χ0n) is 21.2. The average Bonchev–Trinajstić information content (AvgIpc) is 2.92. The van der Waals surface area contributed by atoms with Gasteiger partial charge in [-0.1, -0.05) is 42.5 Å². The van der Waals surface area contributed by atoms with E-state index in [9.17, 15) is 17.6 Å². The number of hydrogen-bond donors (Lipinski definition) is 0. The summed E-state index contributed by atoms with van der Waals surface area (Å²) in [4.78, 5) is 0. The topological polar surface area (TPSA) is 9.23 Å². The first kappa shape index (κ1) is 27.6. The molecule has 0 heterocycles. The van der Waals surface area contributed by atoms with Crippen molar-refractivity contribution in [1.29, 1.82) is 0 Å². The zero-order chi connectivity index (χ0) is 27.4. The van der Waals surface area contributed by atoms with Crippen LogP contribution in [0.15, 0.2) is 54.6 Å². The Morgan fingerprint density at radius 3 is 2.11 bits per heavy atom. The first-order valence-electron chi connectivity index (χ1n) is 12.6. The predicted octanol–water partition coefficient (Wildman–Crippen LogP) is 9.45. The molecule has 0 saturated heterocycles. The van der Waals surface area contributed by atoms with E-state index in [1.807, 2.05) is 19.1 Å². The normalized spacial score (nSPS) is 15.7. The van der Waals surface area contributed by atoms with Crippen LogP contribution in [0.2, 0.25) is 0 Å². The summed E-state index contributed by atoms with van der Waals surface area (Å²) >= 11 is 0. The SMILES string of the molecule is C/C=C/CCc1ccc(C2CC=C(c3ccc(-c4ccc(OCC)c(F)c4F)c(F)c3F)CC2)c(F)c1F. The second-order valence-electron chi connectivity index (χ2n) is 9.21. The molecular formula is C31H28F6O. The fourth-order valence-electron chi connectivity index (χ4n) is 4.89. The maximum absolute atomic E-state index is 15.1. The molecule has 38 heavy (non-hydrogen) atoms. The predicted molar refractivity (Wildman–Crippen MR) is 137 cm³/mol. The maximum atomic E-state index is 15.1. The van der Waals surface area contributed by atoms with Gasteiger partial charge >= 0.3 is 0 Å². The second kappa shape index (κ2) is 11.9. The van der Waals surface area contributed by atoms with Crippen LogP contribution in [0.3, 0.4) is 0 Å². The van der Waals surface area contributed by atoms with Crippen LogP contribution >= 0.6 is 0 Å². The first-order valence-corrected chi connectivity index (χ1v) is 12.6. The molecule has 0 fully saturated rings. The highest BCUT2D eigenvalue weighted by molar-refractivity contribution is 5.73. The van der Waals surface area contributed by atoms with Gasteiger partial charge in [0.15, 0.2) is 34.8 Å². The van der Waals surface area contributed by atoms with Crippen molar-refractivity contribution in [2.75, 3.05) is 6.61 Å². The third kappa shape index (κ3) is 5.38. The summed E-state index contributed by atoms with van der Waals surface area (Å²) in [6.07, 6.45) is 7.51. The molecule has 0 bridgehead atoms. The molecule has 0 aliphatic heterocycles.